The summed E-state index contributed by atoms with van der Waals surface area (Å²) >= 11 is 0. The maximum Gasteiger partial charge on any atom is 0.217 e. The molecule has 4 aliphatic rings. The number of hydrogen-bond donors (Lipinski definition) is 1. The number of nitriles is 3. The third-order valence-corrected chi connectivity index (χ3v) is 5.48. The van der Waals surface area contributed by atoms with Crippen LogP contribution in [0.15, 0.2) is 0 Å². The summed E-state index contributed by atoms with van der Waals surface area (Å²) in [6.07, 6.45) is 3.54. The van der Waals surface area contributed by atoms with Crippen LogP contribution in [-0.2, 0) is 9.47 Å². The largest absolute Gasteiger partial charge is 0.447 e. The molecule has 0 amide bonds. The fourth-order valence-corrected chi connectivity index (χ4v) is 4.49. The second-order valence-electron chi connectivity index (χ2n) is 6.39. The molecule has 114 valence electrons. The van der Waals surface area contributed by atoms with E-state index in [1.807, 2.05) is 6.92 Å². The van der Waals surface area contributed by atoms with Crippen molar-refractivity contribution in [2.75, 3.05) is 0 Å². The molecule has 0 radical (unpaired) electrons. The minimum Gasteiger partial charge on any atom is -0.447 e. The van der Waals surface area contributed by atoms with Crippen molar-refractivity contribution in [3.63, 3.8) is 0 Å². The van der Waals surface area contributed by atoms with E-state index >= 15 is 0 Å². The molecule has 4 atom stereocenters. The fraction of sp³-hybridized carbons (Fsp3) is 0.750. The van der Waals surface area contributed by atoms with E-state index in [0.717, 1.165) is 19.3 Å². The first-order valence-corrected chi connectivity index (χ1v) is 7.76. The highest BCUT2D eigenvalue weighted by atomic mass is 16.7. The Balaban J connectivity index is 2.27. The Hall–Kier alpha value is -2.10. The second kappa shape index (κ2) is 4.70. The summed E-state index contributed by atoms with van der Waals surface area (Å²) in [6.45, 7) is 1.96. The first kappa shape index (κ1) is 14.8. The minimum atomic E-state index is -1.63. The number of rotatable bonds is 2. The molecule has 1 saturated carbocycles. The van der Waals surface area contributed by atoms with Gasteiger partial charge in [0.1, 0.15) is 0 Å². The lowest BCUT2D eigenvalue weighted by atomic mass is 9.48. The summed E-state index contributed by atoms with van der Waals surface area (Å²) in [5.74, 6) is -1.83. The summed E-state index contributed by atoms with van der Waals surface area (Å²) < 4.78 is 11.9. The number of nitrogens with one attached hydrogen (secondary N) is 1. The topological polar surface area (TPSA) is 114 Å². The fourth-order valence-electron chi connectivity index (χ4n) is 4.49. The van der Waals surface area contributed by atoms with E-state index in [-0.39, 0.29) is 5.90 Å². The molecule has 0 aromatic heterocycles. The Bertz CT molecular complexity index is 626. The van der Waals surface area contributed by atoms with Crippen molar-refractivity contribution in [1.29, 1.82) is 21.2 Å². The van der Waals surface area contributed by atoms with Crippen LogP contribution in [0.2, 0.25) is 0 Å². The van der Waals surface area contributed by atoms with Gasteiger partial charge in [0.2, 0.25) is 11.7 Å². The van der Waals surface area contributed by atoms with Crippen LogP contribution in [-0.4, -0.2) is 17.8 Å². The Morgan fingerprint density at radius 2 is 1.95 bits per heavy atom. The van der Waals surface area contributed by atoms with Crippen LogP contribution >= 0.6 is 0 Å². The maximum atomic E-state index is 9.87. The molecule has 4 rings (SSSR count). The molecular formula is C16H18N4O2. The van der Waals surface area contributed by atoms with Crippen molar-refractivity contribution in [3.05, 3.63) is 0 Å². The average Bonchev–Trinajstić information content (AvgIpc) is 2.53. The van der Waals surface area contributed by atoms with E-state index in [1.165, 1.54) is 0 Å². The van der Waals surface area contributed by atoms with Crippen LogP contribution in [0, 0.1) is 56.2 Å². The normalized spacial score (nSPS) is 41.5. The van der Waals surface area contributed by atoms with Crippen LogP contribution in [0.4, 0.5) is 0 Å². The van der Waals surface area contributed by atoms with Crippen LogP contribution in [0.1, 0.15) is 45.4 Å². The van der Waals surface area contributed by atoms with Crippen LogP contribution in [0.3, 0.4) is 0 Å². The molecule has 3 saturated heterocycles. The molecule has 6 heteroatoms. The third kappa shape index (κ3) is 1.38. The Morgan fingerprint density at radius 1 is 1.23 bits per heavy atom. The zero-order valence-corrected chi connectivity index (χ0v) is 12.6. The lowest BCUT2D eigenvalue weighted by molar-refractivity contribution is -0.358. The number of fused-ring (bicyclic) bond motifs is 2. The van der Waals surface area contributed by atoms with Crippen molar-refractivity contribution in [3.8, 4) is 18.2 Å². The van der Waals surface area contributed by atoms with Gasteiger partial charge in [0.25, 0.3) is 0 Å². The zero-order chi connectivity index (χ0) is 16.0. The molecule has 4 fully saturated rings. The van der Waals surface area contributed by atoms with Gasteiger partial charge < -0.3 is 9.47 Å². The molecule has 0 unspecified atom stereocenters. The summed E-state index contributed by atoms with van der Waals surface area (Å²) in [5, 5.41) is 37.9. The first-order valence-electron chi connectivity index (χ1n) is 7.76. The lowest BCUT2D eigenvalue weighted by Gasteiger charge is -2.63. The van der Waals surface area contributed by atoms with E-state index < -0.39 is 28.6 Å². The van der Waals surface area contributed by atoms with Gasteiger partial charge in [-0.05, 0) is 19.3 Å². The predicted octanol–water partition coefficient (Wildman–Crippen LogP) is 2.62. The SMILES string of the molecule is CCC[C@@H]1O[C@@]23CCCC[C@H]2C(C#N)(C#N)[C@@]1(C#N)C(=N)O3. The molecule has 1 aliphatic carbocycles. The molecule has 6 nitrogen and oxygen atoms in total. The van der Waals surface area contributed by atoms with Crippen LogP contribution in [0.5, 0.6) is 0 Å². The summed E-state index contributed by atoms with van der Waals surface area (Å²) in [6, 6.07) is 6.33. The minimum absolute atomic E-state index is 0.263. The van der Waals surface area contributed by atoms with Gasteiger partial charge in [-0.2, -0.15) is 15.8 Å². The number of nitrogens with zero attached hydrogens (tertiary/aromatic N) is 3. The molecule has 0 aromatic carbocycles. The smallest absolute Gasteiger partial charge is 0.217 e. The monoisotopic (exact) mass is 298 g/mol. The van der Waals surface area contributed by atoms with Crippen molar-refractivity contribution >= 4 is 5.90 Å². The van der Waals surface area contributed by atoms with Crippen molar-refractivity contribution in [1.82, 2.24) is 0 Å². The van der Waals surface area contributed by atoms with E-state index in [2.05, 4.69) is 18.2 Å². The standard InChI is InChI=1S/C16H18N4O2/c1-2-5-12-15(10-19)13(20)22-16(21-12)7-4-3-6-11(16)14(15,8-17)9-18/h11-12,20H,2-7H2,1H3/t11-,12-,15+,16+/m0/s1. The van der Waals surface area contributed by atoms with Gasteiger partial charge >= 0.3 is 0 Å². The highest BCUT2D eigenvalue weighted by Crippen LogP contribution is 2.66. The van der Waals surface area contributed by atoms with Gasteiger partial charge in [-0.25, -0.2) is 0 Å². The first-order chi connectivity index (χ1) is 10.6. The van der Waals surface area contributed by atoms with E-state index in [4.69, 9.17) is 14.9 Å². The Morgan fingerprint density at radius 3 is 2.55 bits per heavy atom. The van der Waals surface area contributed by atoms with Gasteiger partial charge in [-0.1, -0.05) is 19.8 Å². The van der Waals surface area contributed by atoms with Gasteiger partial charge in [-0.3, -0.25) is 5.41 Å². The molecule has 3 heterocycles. The number of hydrogen-bond acceptors (Lipinski definition) is 6. The quantitative estimate of drug-likeness (QED) is 0.841. The van der Waals surface area contributed by atoms with E-state index in [1.54, 1.807) is 0 Å². The van der Waals surface area contributed by atoms with E-state index in [0.29, 0.717) is 19.3 Å². The van der Waals surface area contributed by atoms with Crippen molar-refractivity contribution < 1.29 is 9.47 Å². The highest BCUT2D eigenvalue weighted by Gasteiger charge is 2.79. The third-order valence-electron chi connectivity index (χ3n) is 5.48. The van der Waals surface area contributed by atoms with Gasteiger partial charge in [0, 0.05) is 6.42 Å². The lowest BCUT2D eigenvalue weighted by Crippen LogP contribution is -2.75. The molecule has 3 aliphatic heterocycles. The molecule has 1 N–H and O–H groups in total. The Kier molecular flexibility index (Phi) is 3.17. The van der Waals surface area contributed by atoms with Crippen LogP contribution in [0.25, 0.3) is 0 Å². The summed E-state index contributed by atoms with van der Waals surface area (Å²) in [4.78, 5) is 0. The van der Waals surface area contributed by atoms with Crippen molar-refractivity contribution in [2.45, 2.75) is 57.3 Å². The summed E-state index contributed by atoms with van der Waals surface area (Å²) in [7, 11) is 0. The highest BCUT2D eigenvalue weighted by molar-refractivity contribution is 5.88. The molecule has 0 aromatic rings. The zero-order valence-electron chi connectivity index (χ0n) is 12.6. The predicted molar refractivity (Wildman–Crippen MR) is 75.0 cm³/mol. The van der Waals surface area contributed by atoms with E-state index in [9.17, 15) is 15.8 Å². The number of ether oxygens (including phenoxy) is 2. The van der Waals surface area contributed by atoms with Crippen molar-refractivity contribution in [2.24, 2.45) is 16.7 Å². The Labute approximate surface area is 129 Å². The molecule has 1 spiro atoms. The molecule has 22 heavy (non-hydrogen) atoms. The summed E-state index contributed by atoms with van der Waals surface area (Å²) in [5.41, 5.74) is -3.20. The van der Waals surface area contributed by atoms with Gasteiger partial charge in [0.15, 0.2) is 10.8 Å². The van der Waals surface area contributed by atoms with Crippen LogP contribution < -0.4 is 0 Å². The van der Waals surface area contributed by atoms with Gasteiger partial charge in [0.05, 0.1) is 30.2 Å². The van der Waals surface area contributed by atoms with Gasteiger partial charge in [-0.15, -0.1) is 0 Å². The molecule has 2 bridgehead atoms. The molecular weight excluding hydrogens is 280 g/mol. The second-order valence-corrected chi connectivity index (χ2v) is 6.39. The maximum absolute atomic E-state index is 9.87. The average molecular weight is 298 g/mol.